The summed E-state index contributed by atoms with van der Waals surface area (Å²) in [5.74, 6) is -0.657. The molecule has 2 unspecified atom stereocenters. The van der Waals surface area contributed by atoms with Crippen LogP contribution in [0.5, 0.6) is 0 Å². The van der Waals surface area contributed by atoms with Crippen molar-refractivity contribution in [2.45, 2.75) is 65.5 Å². The number of carbonyl (C=O) groups is 2. The topological polar surface area (TPSA) is 69.6 Å². The molecule has 1 amide bonds. The average molecular weight is 284 g/mol. The van der Waals surface area contributed by atoms with Crippen LogP contribution < -0.4 is 5.32 Å². The summed E-state index contributed by atoms with van der Waals surface area (Å²) in [6.45, 7) is 9.22. The molecule has 1 aliphatic heterocycles. The van der Waals surface area contributed by atoms with Gasteiger partial charge in [0, 0.05) is 19.1 Å². The van der Waals surface area contributed by atoms with Crippen LogP contribution in [0, 0.1) is 5.41 Å². The maximum Gasteiger partial charge on any atom is 0.309 e. The summed E-state index contributed by atoms with van der Waals surface area (Å²) in [5.41, 5.74) is -0.594. The Hall–Kier alpha value is -1.10. The Morgan fingerprint density at radius 2 is 1.80 bits per heavy atom. The highest BCUT2D eigenvalue weighted by molar-refractivity contribution is 5.81. The Kier molecular flexibility index (Phi) is 5.99. The number of likely N-dealkylation sites (tertiary alicyclic amines) is 1. The third kappa shape index (κ3) is 3.72. The summed E-state index contributed by atoms with van der Waals surface area (Å²) in [6.07, 6.45) is 2.82. The van der Waals surface area contributed by atoms with E-state index in [1.54, 1.807) is 0 Å². The summed E-state index contributed by atoms with van der Waals surface area (Å²) >= 11 is 0. The summed E-state index contributed by atoms with van der Waals surface area (Å²) < 4.78 is 0. The highest BCUT2D eigenvalue weighted by Gasteiger charge is 2.41. The monoisotopic (exact) mass is 284 g/mol. The predicted molar refractivity (Wildman–Crippen MR) is 78.5 cm³/mol. The molecule has 20 heavy (non-hydrogen) atoms. The number of rotatable bonds is 6. The SMILES string of the molecule is CCC(C)NC(=O)C(C)N1CCC(CC)(C(=O)O)CC1. The molecule has 2 N–H and O–H groups in total. The zero-order valence-electron chi connectivity index (χ0n) is 13.1. The van der Waals surface area contributed by atoms with Gasteiger partial charge in [-0.1, -0.05) is 13.8 Å². The highest BCUT2D eigenvalue weighted by Crippen LogP contribution is 2.35. The van der Waals surface area contributed by atoms with E-state index in [0.717, 1.165) is 6.42 Å². The van der Waals surface area contributed by atoms with E-state index >= 15 is 0 Å². The summed E-state index contributed by atoms with van der Waals surface area (Å²) in [6, 6.07) is -0.00357. The molecule has 0 spiro atoms. The lowest BCUT2D eigenvalue weighted by Crippen LogP contribution is -2.52. The molecule has 0 aromatic heterocycles. The quantitative estimate of drug-likeness (QED) is 0.781. The molecular formula is C15H28N2O3. The number of aliphatic carboxylic acids is 1. The van der Waals surface area contributed by atoms with Gasteiger partial charge in [0.25, 0.3) is 0 Å². The first-order valence-corrected chi connectivity index (χ1v) is 7.64. The smallest absolute Gasteiger partial charge is 0.309 e. The molecule has 1 rings (SSSR count). The molecular weight excluding hydrogens is 256 g/mol. The molecule has 0 aromatic carbocycles. The van der Waals surface area contributed by atoms with Crippen LogP contribution >= 0.6 is 0 Å². The molecule has 5 heteroatoms. The molecule has 0 aromatic rings. The lowest BCUT2D eigenvalue weighted by molar-refractivity contribution is -0.152. The van der Waals surface area contributed by atoms with Gasteiger partial charge in [0.2, 0.25) is 5.91 Å². The van der Waals surface area contributed by atoms with E-state index in [2.05, 4.69) is 10.2 Å². The van der Waals surface area contributed by atoms with Crippen LogP contribution in [-0.4, -0.2) is 47.1 Å². The fourth-order valence-corrected chi connectivity index (χ4v) is 2.69. The first-order valence-electron chi connectivity index (χ1n) is 7.64. The third-order valence-corrected chi connectivity index (χ3v) is 4.81. The molecule has 1 aliphatic rings. The van der Waals surface area contributed by atoms with E-state index in [9.17, 15) is 14.7 Å². The number of carboxylic acid groups (broad SMARTS) is 1. The van der Waals surface area contributed by atoms with Crippen molar-refractivity contribution in [3.05, 3.63) is 0 Å². The number of carboxylic acids is 1. The van der Waals surface area contributed by atoms with E-state index in [1.807, 2.05) is 27.7 Å². The molecule has 1 fully saturated rings. The van der Waals surface area contributed by atoms with Crippen molar-refractivity contribution in [3.63, 3.8) is 0 Å². The van der Waals surface area contributed by atoms with E-state index < -0.39 is 11.4 Å². The Labute approximate surface area is 121 Å². The van der Waals surface area contributed by atoms with Gasteiger partial charge >= 0.3 is 5.97 Å². The molecule has 1 heterocycles. The highest BCUT2D eigenvalue weighted by atomic mass is 16.4. The van der Waals surface area contributed by atoms with Crippen LogP contribution in [0.2, 0.25) is 0 Å². The van der Waals surface area contributed by atoms with E-state index in [1.165, 1.54) is 0 Å². The third-order valence-electron chi connectivity index (χ3n) is 4.81. The Morgan fingerprint density at radius 3 is 2.20 bits per heavy atom. The summed E-state index contributed by atoms with van der Waals surface area (Å²) in [4.78, 5) is 25.6. The maximum atomic E-state index is 12.1. The summed E-state index contributed by atoms with van der Waals surface area (Å²) in [7, 11) is 0. The average Bonchev–Trinajstić information content (AvgIpc) is 2.46. The molecule has 1 saturated heterocycles. The molecule has 0 saturated carbocycles. The van der Waals surface area contributed by atoms with Crippen molar-refractivity contribution in [1.82, 2.24) is 10.2 Å². The minimum Gasteiger partial charge on any atom is -0.481 e. The molecule has 0 radical (unpaired) electrons. The van der Waals surface area contributed by atoms with Crippen molar-refractivity contribution < 1.29 is 14.7 Å². The zero-order valence-corrected chi connectivity index (χ0v) is 13.1. The standard InChI is InChI=1S/C15H28N2O3/c1-5-11(3)16-13(18)12(4)17-9-7-15(6-2,8-10-17)14(19)20/h11-12H,5-10H2,1-4H3,(H,16,18)(H,19,20). The van der Waals surface area contributed by atoms with Crippen molar-refractivity contribution in [1.29, 1.82) is 0 Å². The Morgan fingerprint density at radius 1 is 1.25 bits per heavy atom. The predicted octanol–water partition coefficient (Wildman–Crippen LogP) is 1.87. The second kappa shape index (κ2) is 7.07. The van der Waals surface area contributed by atoms with Gasteiger partial charge in [-0.05, 0) is 39.5 Å². The van der Waals surface area contributed by atoms with Crippen LogP contribution in [0.4, 0.5) is 0 Å². The van der Waals surface area contributed by atoms with E-state index in [0.29, 0.717) is 32.4 Å². The second-order valence-corrected chi connectivity index (χ2v) is 5.97. The molecule has 116 valence electrons. The number of hydrogen-bond donors (Lipinski definition) is 2. The Bertz CT molecular complexity index is 349. The summed E-state index contributed by atoms with van der Waals surface area (Å²) in [5, 5.41) is 12.4. The van der Waals surface area contributed by atoms with Gasteiger partial charge in [-0.2, -0.15) is 0 Å². The van der Waals surface area contributed by atoms with E-state index in [4.69, 9.17) is 0 Å². The van der Waals surface area contributed by atoms with Crippen LogP contribution in [0.15, 0.2) is 0 Å². The van der Waals surface area contributed by atoms with Crippen LogP contribution in [0.1, 0.15) is 53.4 Å². The van der Waals surface area contributed by atoms with Crippen molar-refractivity contribution in [3.8, 4) is 0 Å². The van der Waals surface area contributed by atoms with Crippen LogP contribution in [0.3, 0.4) is 0 Å². The van der Waals surface area contributed by atoms with E-state index in [-0.39, 0.29) is 18.0 Å². The first kappa shape index (κ1) is 17.0. The van der Waals surface area contributed by atoms with Crippen molar-refractivity contribution in [2.24, 2.45) is 5.41 Å². The minimum absolute atomic E-state index is 0.0404. The zero-order chi connectivity index (χ0) is 15.3. The molecule has 2 atom stereocenters. The lowest BCUT2D eigenvalue weighted by atomic mass is 9.76. The second-order valence-electron chi connectivity index (χ2n) is 5.97. The number of carbonyl (C=O) groups excluding carboxylic acids is 1. The van der Waals surface area contributed by atoms with Gasteiger partial charge in [0.15, 0.2) is 0 Å². The minimum atomic E-state index is -0.698. The van der Waals surface area contributed by atoms with Crippen LogP contribution in [0.25, 0.3) is 0 Å². The maximum absolute atomic E-state index is 12.1. The fraction of sp³-hybridized carbons (Fsp3) is 0.867. The lowest BCUT2D eigenvalue weighted by Gasteiger charge is -2.40. The van der Waals surface area contributed by atoms with Crippen molar-refractivity contribution in [2.75, 3.05) is 13.1 Å². The van der Waals surface area contributed by atoms with Crippen LogP contribution in [-0.2, 0) is 9.59 Å². The number of piperidine rings is 1. The van der Waals surface area contributed by atoms with Gasteiger partial charge in [-0.15, -0.1) is 0 Å². The van der Waals surface area contributed by atoms with Crippen molar-refractivity contribution >= 4 is 11.9 Å². The van der Waals surface area contributed by atoms with Gasteiger partial charge in [0.1, 0.15) is 0 Å². The first-order chi connectivity index (χ1) is 9.36. The van der Waals surface area contributed by atoms with Gasteiger partial charge < -0.3 is 10.4 Å². The number of amides is 1. The molecule has 0 bridgehead atoms. The number of nitrogens with one attached hydrogen (secondary N) is 1. The largest absolute Gasteiger partial charge is 0.481 e. The Balaban J connectivity index is 2.56. The number of nitrogens with zero attached hydrogens (tertiary/aromatic N) is 1. The normalized spacial score (nSPS) is 22.0. The number of hydrogen-bond acceptors (Lipinski definition) is 3. The fourth-order valence-electron chi connectivity index (χ4n) is 2.69. The molecule has 5 nitrogen and oxygen atoms in total. The van der Waals surface area contributed by atoms with Gasteiger partial charge in [-0.3, -0.25) is 14.5 Å². The molecule has 0 aliphatic carbocycles. The van der Waals surface area contributed by atoms with Gasteiger partial charge in [0.05, 0.1) is 11.5 Å². The van der Waals surface area contributed by atoms with Gasteiger partial charge in [-0.25, -0.2) is 0 Å².